The quantitative estimate of drug-likeness (QED) is 0.904. The van der Waals surface area contributed by atoms with Crippen molar-refractivity contribution in [2.45, 2.75) is 51.2 Å². The molecular weight excluding hydrogens is 252 g/mol. The Kier molecular flexibility index (Phi) is 4.05. The summed E-state index contributed by atoms with van der Waals surface area (Å²) in [7, 11) is 0. The van der Waals surface area contributed by atoms with Gasteiger partial charge in [-0.1, -0.05) is 0 Å². The van der Waals surface area contributed by atoms with Crippen LogP contribution in [0.4, 0.5) is 0 Å². The summed E-state index contributed by atoms with van der Waals surface area (Å²) < 4.78 is 2.08. The molecule has 3 heterocycles. The molecule has 2 fully saturated rings. The van der Waals surface area contributed by atoms with Crippen molar-refractivity contribution < 1.29 is 4.79 Å². The Morgan fingerprint density at radius 1 is 1.45 bits per heavy atom. The molecule has 1 aromatic heterocycles. The number of hydrogen-bond donors (Lipinski definition) is 1. The van der Waals surface area contributed by atoms with E-state index >= 15 is 0 Å². The van der Waals surface area contributed by atoms with Crippen LogP contribution in [0.2, 0.25) is 0 Å². The van der Waals surface area contributed by atoms with Gasteiger partial charge < -0.3 is 14.8 Å². The fourth-order valence-corrected chi connectivity index (χ4v) is 3.54. The Bertz CT molecular complexity index is 445. The minimum absolute atomic E-state index is 0.217. The maximum absolute atomic E-state index is 12.8. The van der Waals surface area contributed by atoms with Gasteiger partial charge >= 0.3 is 0 Å². The SMILES string of the molecule is C[C@H]1C[C@@H](C(=O)N2CCCC2Cn2ccnc2)CCN1. The van der Waals surface area contributed by atoms with Gasteiger partial charge in [-0.15, -0.1) is 0 Å². The van der Waals surface area contributed by atoms with Gasteiger partial charge in [0.1, 0.15) is 0 Å². The van der Waals surface area contributed by atoms with E-state index in [0.29, 0.717) is 18.0 Å². The molecular formula is C15H24N4O. The van der Waals surface area contributed by atoms with Crippen molar-refractivity contribution in [1.82, 2.24) is 19.8 Å². The van der Waals surface area contributed by atoms with E-state index in [4.69, 9.17) is 0 Å². The highest BCUT2D eigenvalue weighted by Crippen LogP contribution is 2.25. The van der Waals surface area contributed by atoms with Gasteiger partial charge in [0.25, 0.3) is 0 Å². The van der Waals surface area contributed by atoms with Gasteiger partial charge in [0, 0.05) is 43.5 Å². The Morgan fingerprint density at radius 2 is 2.35 bits per heavy atom. The molecule has 5 heteroatoms. The van der Waals surface area contributed by atoms with Crippen LogP contribution in [0, 0.1) is 5.92 Å². The van der Waals surface area contributed by atoms with E-state index in [1.165, 1.54) is 0 Å². The lowest BCUT2D eigenvalue weighted by atomic mass is 9.92. The van der Waals surface area contributed by atoms with Crippen LogP contribution in [0.5, 0.6) is 0 Å². The lowest BCUT2D eigenvalue weighted by Gasteiger charge is -2.33. The van der Waals surface area contributed by atoms with Crippen LogP contribution in [0.25, 0.3) is 0 Å². The van der Waals surface area contributed by atoms with Crippen molar-refractivity contribution in [1.29, 1.82) is 0 Å². The number of rotatable bonds is 3. The Morgan fingerprint density at radius 3 is 3.10 bits per heavy atom. The van der Waals surface area contributed by atoms with Crippen LogP contribution in [-0.2, 0) is 11.3 Å². The summed E-state index contributed by atoms with van der Waals surface area (Å²) >= 11 is 0. The predicted molar refractivity (Wildman–Crippen MR) is 77.2 cm³/mol. The summed E-state index contributed by atoms with van der Waals surface area (Å²) in [5, 5.41) is 3.42. The van der Waals surface area contributed by atoms with E-state index in [9.17, 15) is 4.79 Å². The van der Waals surface area contributed by atoms with E-state index in [0.717, 1.165) is 45.3 Å². The molecule has 0 saturated carbocycles. The van der Waals surface area contributed by atoms with Crippen molar-refractivity contribution in [3.05, 3.63) is 18.7 Å². The van der Waals surface area contributed by atoms with Gasteiger partial charge in [0.15, 0.2) is 0 Å². The van der Waals surface area contributed by atoms with E-state index < -0.39 is 0 Å². The molecule has 1 aromatic rings. The van der Waals surface area contributed by atoms with Crippen LogP contribution in [0.3, 0.4) is 0 Å². The third-order valence-corrected chi connectivity index (χ3v) is 4.61. The van der Waals surface area contributed by atoms with Crippen LogP contribution in [-0.4, -0.2) is 45.5 Å². The zero-order valence-corrected chi connectivity index (χ0v) is 12.2. The number of carbonyl (C=O) groups is 1. The second-order valence-electron chi connectivity index (χ2n) is 6.16. The number of amides is 1. The zero-order chi connectivity index (χ0) is 13.9. The molecule has 2 aliphatic heterocycles. The van der Waals surface area contributed by atoms with Crippen molar-refractivity contribution in [3.63, 3.8) is 0 Å². The summed E-state index contributed by atoms with van der Waals surface area (Å²) in [5.74, 6) is 0.593. The van der Waals surface area contributed by atoms with Gasteiger partial charge in [0.2, 0.25) is 5.91 Å². The summed E-state index contributed by atoms with van der Waals surface area (Å²) in [6, 6.07) is 0.814. The first-order valence-electron chi connectivity index (χ1n) is 7.73. The molecule has 0 aromatic carbocycles. The zero-order valence-electron chi connectivity index (χ0n) is 12.2. The lowest BCUT2D eigenvalue weighted by Crippen LogP contribution is -2.46. The molecule has 0 radical (unpaired) electrons. The topological polar surface area (TPSA) is 50.2 Å². The standard InChI is InChI=1S/C15H24N4O/c1-12-9-13(4-5-17-12)15(20)19-7-2-3-14(19)10-18-8-6-16-11-18/h6,8,11-14,17H,2-5,7,9-10H2,1H3/t12-,13-,14?/m0/s1. The largest absolute Gasteiger partial charge is 0.338 e. The number of hydrogen-bond acceptors (Lipinski definition) is 3. The van der Waals surface area contributed by atoms with Crippen molar-refractivity contribution in [2.24, 2.45) is 5.92 Å². The van der Waals surface area contributed by atoms with Crippen LogP contribution in [0.1, 0.15) is 32.6 Å². The molecule has 2 aliphatic rings. The molecule has 0 aliphatic carbocycles. The number of piperidine rings is 1. The van der Waals surface area contributed by atoms with E-state index in [2.05, 4.69) is 26.7 Å². The maximum Gasteiger partial charge on any atom is 0.226 e. The molecule has 0 spiro atoms. The lowest BCUT2D eigenvalue weighted by molar-refractivity contribution is -0.137. The second-order valence-corrected chi connectivity index (χ2v) is 6.16. The highest BCUT2D eigenvalue weighted by Gasteiger charge is 2.34. The molecule has 20 heavy (non-hydrogen) atoms. The second kappa shape index (κ2) is 5.95. The normalized spacial score (nSPS) is 30.6. The number of nitrogens with one attached hydrogen (secondary N) is 1. The summed E-state index contributed by atoms with van der Waals surface area (Å²) in [6.45, 7) is 4.95. The third kappa shape index (κ3) is 2.87. The van der Waals surface area contributed by atoms with Crippen LogP contribution >= 0.6 is 0 Å². The number of nitrogens with zero attached hydrogens (tertiary/aromatic N) is 3. The van der Waals surface area contributed by atoms with Crippen LogP contribution < -0.4 is 5.32 Å². The van der Waals surface area contributed by atoms with E-state index in [-0.39, 0.29) is 5.92 Å². The van der Waals surface area contributed by atoms with E-state index in [1.807, 2.05) is 12.5 Å². The Labute approximate surface area is 120 Å². The molecule has 1 amide bonds. The summed E-state index contributed by atoms with van der Waals surface area (Å²) in [5.41, 5.74) is 0. The highest BCUT2D eigenvalue weighted by atomic mass is 16.2. The molecule has 3 atom stereocenters. The van der Waals surface area contributed by atoms with Crippen molar-refractivity contribution in [2.75, 3.05) is 13.1 Å². The predicted octanol–water partition coefficient (Wildman–Crippen LogP) is 1.26. The smallest absolute Gasteiger partial charge is 0.226 e. The maximum atomic E-state index is 12.8. The number of aromatic nitrogens is 2. The third-order valence-electron chi connectivity index (χ3n) is 4.61. The first-order valence-corrected chi connectivity index (χ1v) is 7.73. The number of likely N-dealkylation sites (tertiary alicyclic amines) is 1. The molecule has 2 saturated heterocycles. The average Bonchev–Trinajstić information content (AvgIpc) is 3.10. The molecule has 5 nitrogen and oxygen atoms in total. The molecule has 1 N–H and O–H groups in total. The van der Waals surface area contributed by atoms with Crippen molar-refractivity contribution in [3.8, 4) is 0 Å². The number of carbonyl (C=O) groups excluding carboxylic acids is 1. The average molecular weight is 276 g/mol. The molecule has 1 unspecified atom stereocenters. The molecule has 0 bridgehead atoms. The van der Waals surface area contributed by atoms with Gasteiger partial charge in [-0.25, -0.2) is 4.98 Å². The Hall–Kier alpha value is -1.36. The first-order chi connectivity index (χ1) is 9.74. The van der Waals surface area contributed by atoms with Gasteiger partial charge in [-0.3, -0.25) is 4.79 Å². The van der Waals surface area contributed by atoms with Crippen molar-refractivity contribution >= 4 is 5.91 Å². The van der Waals surface area contributed by atoms with Gasteiger partial charge in [-0.2, -0.15) is 0 Å². The minimum atomic E-state index is 0.217. The first kappa shape index (κ1) is 13.6. The fourth-order valence-electron chi connectivity index (χ4n) is 3.54. The minimum Gasteiger partial charge on any atom is -0.338 e. The fraction of sp³-hybridized carbons (Fsp3) is 0.733. The monoisotopic (exact) mass is 276 g/mol. The number of imidazole rings is 1. The summed E-state index contributed by atoms with van der Waals surface area (Å²) in [6.07, 6.45) is 9.83. The van der Waals surface area contributed by atoms with E-state index in [1.54, 1.807) is 6.20 Å². The molecule has 3 rings (SSSR count). The highest BCUT2D eigenvalue weighted by molar-refractivity contribution is 5.79. The summed E-state index contributed by atoms with van der Waals surface area (Å²) in [4.78, 5) is 19.0. The van der Waals surface area contributed by atoms with Gasteiger partial charge in [-0.05, 0) is 39.2 Å². The Balaban J connectivity index is 1.63. The van der Waals surface area contributed by atoms with Crippen LogP contribution in [0.15, 0.2) is 18.7 Å². The van der Waals surface area contributed by atoms with Gasteiger partial charge in [0.05, 0.1) is 6.33 Å². The molecule has 110 valence electrons.